The first kappa shape index (κ1) is 11.6. The SMILES string of the molecule is COc1ccnc(NCC(F)(F)CN)n1. The Morgan fingerprint density at radius 3 is 2.93 bits per heavy atom. The van der Waals surface area contributed by atoms with Gasteiger partial charge in [0.15, 0.2) is 0 Å². The number of alkyl halides is 2. The number of halogens is 2. The van der Waals surface area contributed by atoms with Crippen LogP contribution in [-0.2, 0) is 0 Å². The van der Waals surface area contributed by atoms with E-state index in [1.165, 1.54) is 19.4 Å². The zero-order chi connectivity index (χ0) is 11.3. The van der Waals surface area contributed by atoms with Crippen LogP contribution in [0.3, 0.4) is 0 Å². The number of ether oxygens (including phenoxy) is 1. The lowest BCUT2D eigenvalue weighted by atomic mass is 10.3. The summed E-state index contributed by atoms with van der Waals surface area (Å²) in [6, 6.07) is 1.52. The Morgan fingerprint density at radius 1 is 1.60 bits per heavy atom. The second-order valence-electron chi connectivity index (χ2n) is 2.84. The highest BCUT2D eigenvalue weighted by Crippen LogP contribution is 2.13. The number of anilines is 1. The van der Waals surface area contributed by atoms with Crippen LogP contribution in [0.1, 0.15) is 0 Å². The predicted molar refractivity (Wildman–Crippen MR) is 51.1 cm³/mol. The summed E-state index contributed by atoms with van der Waals surface area (Å²) in [5, 5.41) is 2.38. The van der Waals surface area contributed by atoms with Crippen LogP contribution in [0.4, 0.5) is 14.7 Å². The molecule has 0 saturated heterocycles. The number of hydrogen-bond donors (Lipinski definition) is 2. The number of methoxy groups -OCH3 is 1. The van der Waals surface area contributed by atoms with Gasteiger partial charge in [-0.3, -0.25) is 0 Å². The molecule has 84 valence electrons. The van der Waals surface area contributed by atoms with Crippen LogP contribution in [-0.4, -0.2) is 36.1 Å². The zero-order valence-electron chi connectivity index (χ0n) is 8.20. The minimum atomic E-state index is -2.97. The quantitative estimate of drug-likeness (QED) is 0.752. The van der Waals surface area contributed by atoms with Gasteiger partial charge in [-0.1, -0.05) is 0 Å². The molecule has 0 aliphatic carbocycles. The number of nitrogens with two attached hydrogens (primary N) is 1. The third-order valence-corrected chi connectivity index (χ3v) is 1.64. The van der Waals surface area contributed by atoms with Crippen LogP contribution in [0, 0.1) is 0 Å². The fourth-order valence-corrected chi connectivity index (χ4v) is 0.822. The van der Waals surface area contributed by atoms with Crippen LogP contribution in [0.5, 0.6) is 5.88 Å². The fourth-order valence-electron chi connectivity index (χ4n) is 0.822. The number of hydrogen-bond acceptors (Lipinski definition) is 5. The lowest BCUT2D eigenvalue weighted by molar-refractivity contribution is 0.0252. The first-order chi connectivity index (χ1) is 7.07. The molecule has 3 N–H and O–H groups in total. The highest BCUT2D eigenvalue weighted by Gasteiger charge is 2.26. The third-order valence-electron chi connectivity index (χ3n) is 1.64. The third kappa shape index (κ3) is 3.62. The normalized spacial score (nSPS) is 11.2. The van der Waals surface area contributed by atoms with Crippen molar-refractivity contribution in [1.29, 1.82) is 0 Å². The smallest absolute Gasteiger partial charge is 0.277 e. The standard InChI is InChI=1S/C8H12F2N4O/c1-15-6-2-3-12-7(14-6)13-5-8(9,10)4-11/h2-3H,4-5,11H2,1H3,(H,12,13,14). The molecule has 0 saturated carbocycles. The minimum Gasteiger partial charge on any atom is -0.481 e. The van der Waals surface area contributed by atoms with E-state index in [0.29, 0.717) is 5.88 Å². The molecule has 1 rings (SSSR count). The van der Waals surface area contributed by atoms with Crippen molar-refractivity contribution >= 4 is 5.95 Å². The van der Waals surface area contributed by atoms with E-state index in [0.717, 1.165) is 0 Å². The molecule has 15 heavy (non-hydrogen) atoms. The molecule has 1 aromatic rings. The molecular weight excluding hydrogens is 206 g/mol. The maximum Gasteiger partial charge on any atom is 0.277 e. The largest absolute Gasteiger partial charge is 0.481 e. The molecule has 5 nitrogen and oxygen atoms in total. The van der Waals surface area contributed by atoms with E-state index in [4.69, 9.17) is 10.5 Å². The number of rotatable bonds is 5. The van der Waals surface area contributed by atoms with Crippen LogP contribution in [0.25, 0.3) is 0 Å². The van der Waals surface area contributed by atoms with E-state index in [9.17, 15) is 8.78 Å². The molecule has 0 bridgehead atoms. The van der Waals surface area contributed by atoms with Crippen molar-refractivity contribution in [2.45, 2.75) is 5.92 Å². The fraction of sp³-hybridized carbons (Fsp3) is 0.500. The summed E-state index contributed by atoms with van der Waals surface area (Å²) >= 11 is 0. The van der Waals surface area contributed by atoms with Gasteiger partial charge in [-0.15, -0.1) is 0 Å². The molecular formula is C8H12F2N4O. The first-order valence-electron chi connectivity index (χ1n) is 4.26. The molecule has 0 fully saturated rings. The van der Waals surface area contributed by atoms with Crippen LogP contribution >= 0.6 is 0 Å². The summed E-state index contributed by atoms with van der Waals surface area (Å²) in [6.45, 7) is -1.32. The molecule has 1 aromatic heterocycles. The lowest BCUT2D eigenvalue weighted by Gasteiger charge is -2.14. The van der Waals surface area contributed by atoms with E-state index < -0.39 is 19.0 Å². The molecule has 0 aliphatic heterocycles. The topological polar surface area (TPSA) is 73.1 Å². The Morgan fingerprint density at radius 2 is 2.33 bits per heavy atom. The second-order valence-corrected chi connectivity index (χ2v) is 2.84. The summed E-state index contributed by atoms with van der Waals surface area (Å²) in [5.74, 6) is -2.57. The maximum absolute atomic E-state index is 12.7. The molecule has 0 radical (unpaired) electrons. The highest BCUT2D eigenvalue weighted by molar-refractivity contribution is 5.27. The molecule has 0 amide bonds. The van der Waals surface area contributed by atoms with E-state index in [1.807, 2.05) is 0 Å². The van der Waals surface area contributed by atoms with Gasteiger partial charge in [-0.2, -0.15) is 4.98 Å². The maximum atomic E-state index is 12.7. The Bertz CT molecular complexity index is 321. The lowest BCUT2D eigenvalue weighted by Crippen LogP contribution is -2.35. The number of nitrogens with zero attached hydrogens (tertiary/aromatic N) is 2. The molecule has 0 atom stereocenters. The molecule has 7 heteroatoms. The number of nitrogens with one attached hydrogen (secondary N) is 1. The average Bonchev–Trinajstić information content (AvgIpc) is 2.27. The summed E-state index contributed by atoms with van der Waals surface area (Å²) in [4.78, 5) is 7.56. The molecule has 0 unspecified atom stereocenters. The molecule has 1 heterocycles. The van der Waals surface area contributed by atoms with Gasteiger partial charge >= 0.3 is 0 Å². The summed E-state index contributed by atoms with van der Waals surface area (Å²) in [7, 11) is 1.43. The van der Waals surface area contributed by atoms with Crippen molar-refractivity contribution in [2.24, 2.45) is 5.73 Å². The van der Waals surface area contributed by atoms with Crippen molar-refractivity contribution in [3.63, 3.8) is 0 Å². The van der Waals surface area contributed by atoms with Crippen LogP contribution in [0.15, 0.2) is 12.3 Å². The van der Waals surface area contributed by atoms with Crippen molar-refractivity contribution in [3.05, 3.63) is 12.3 Å². The van der Waals surface area contributed by atoms with Crippen molar-refractivity contribution in [1.82, 2.24) is 9.97 Å². The molecule has 0 aromatic carbocycles. The van der Waals surface area contributed by atoms with Gasteiger partial charge in [0.1, 0.15) is 0 Å². The first-order valence-corrected chi connectivity index (χ1v) is 4.26. The van der Waals surface area contributed by atoms with Gasteiger partial charge in [-0.25, -0.2) is 13.8 Å². The van der Waals surface area contributed by atoms with E-state index in [2.05, 4.69) is 15.3 Å². The van der Waals surface area contributed by atoms with E-state index >= 15 is 0 Å². The van der Waals surface area contributed by atoms with Crippen LogP contribution < -0.4 is 15.8 Å². The summed E-state index contributed by atoms with van der Waals surface area (Å²) in [6.07, 6.45) is 1.41. The van der Waals surface area contributed by atoms with Gasteiger partial charge in [0.05, 0.1) is 20.2 Å². The van der Waals surface area contributed by atoms with Gasteiger partial charge in [0.25, 0.3) is 5.92 Å². The van der Waals surface area contributed by atoms with Crippen molar-refractivity contribution in [3.8, 4) is 5.88 Å². The van der Waals surface area contributed by atoms with Crippen molar-refractivity contribution < 1.29 is 13.5 Å². The predicted octanol–water partition coefficient (Wildman–Crippen LogP) is 0.491. The van der Waals surface area contributed by atoms with Gasteiger partial charge in [-0.05, 0) is 0 Å². The Balaban J connectivity index is 2.57. The Labute approximate surface area is 85.7 Å². The van der Waals surface area contributed by atoms with E-state index in [1.54, 1.807) is 0 Å². The Hall–Kier alpha value is -1.50. The average molecular weight is 218 g/mol. The zero-order valence-corrected chi connectivity index (χ0v) is 8.20. The highest BCUT2D eigenvalue weighted by atomic mass is 19.3. The van der Waals surface area contributed by atoms with Gasteiger partial charge in [0, 0.05) is 12.3 Å². The number of aromatic nitrogens is 2. The van der Waals surface area contributed by atoms with E-state index in [-0.39, 0.29) is 5.95 Å². The second kappa shape index (κ2) is 4.83. The van der Waals surface area contributed by atoms with Crippen molar-refractivity contribution in [2.75, 3.05) is 25.5 Å². The molecule has 0 spiro atoms. The minimum absolute atomic E-state index is 0.0856. The van der Waals surface area contributed by atoms with Gasteiger partial charge in [0.2, 0.25) is 11.8 Å². The van der Waals surface area contributed by atoms with Crippen LogP contribution in [0.2, 0.25) is 0 Å². The monoisotopic (exact) mass is 218 g/mol. The summed E-state index contributed by atoms with van der Waals surface area (Å²) < 4.78 is 30.3. The summed E-state index contributed by atoms with van der Waals surface area (Å²) in [5.41, 5.74) is 4.87. The molecule has 0 aliphatic rings. The van der Waals surface area contributed by atoms with Gasteiger partial charge < -0.3 is 15.8 Å². The Kier molecular flexibility index (Phi) is 3.73.